The zero-order valence-corrected chi connectivity index (χ0v) is 8.84. The van der Waals surface area contributed by atoms with E-state index in [1.807, 2.05) is 0 Å². The third-order valence-electron chi connectivity index (χ3n) is 2.33. The zero-order valence-electron chi connectivity index (χ0n) is 8.84. The predicted octanol–water partition coefficient (Wildman–Crippen LogP) is 1.79. The van der Waals surface area contributed by atoms with Gasteiger partial charge in [-0.15, -0.1) is 0 Å². The normalized spacial score (nSPS) is 15.2. The monoisotopic (exact) mass is 211 g/mol. The van der Waals surface area contributed by atoms with Crippen LogP contribution in [0.4, 0.5) is 4.39 Å². The molecule has 0 unspecified atom stereocenters. The second-order valence-electron chi connectivity index (χ2n) is 4.20. The number of hydrogen-bond donors (Lipinski definition) is 1. The van der Waals surface area contributed by atoms with Crippen molar-refractivity contribution < 1.29 is 13.9 Å². The van der Waals surface area contributed by atoms with E-state index in [9.17, 15) is 4.39 Å². The summed E-state index contributed by atoms with van der Waals surface area (Å²) in [6, 6.07) is 2.95. The van der Waals surface area contributed by atoms with E-state index < -0.39 is 5.54 Å². The summed E-state index contributed by atoms with van der Waals surface area (Å²) in [5, 5.41) is 0. The Bertz CT molecular complexity index is 385. The molecule has 1 heterocycles. The molecule has 2 rings (SSSR count). The van der Waals surface area contributed by atoms with Crippen LogP contribution in [-0.4, -0.2) is 13.2 Å². The van der Waals surface area contributed by atoms with Gasteiger partial charge in [0.1, 0.15) is 19.0 Å². The first-order valence-electron chi connectivity index (χ1n) is 4.87. The molecule has 0 fully saturated rings. The Morgan fingerprint density at radius 2 is 1.73 bits per heavy atom. The summed E-state index contributed by atoms with van der Waals surface area (Å²) in [5.41, 5.74) is 5.57. The van der Waals surface area contributed by atoms with Crippen molar-refractivity contribution in [2.75, 3.05) is 13.2 Å². The first-order valence-corrected chi connectivity index (χ1v) is 4.87. The van der Waals surface area contributed by atoms with Crippen LogP contribution in [0.1, 0.15) is 19.4 Å². The van der Waals surface area contributed by atoms with Gasteiger partial charge in [-0.3, -0.25) is 0 Å². The van der Waals surface area contributed by atoms with Gasteiger partial charge in [0.15, 0.2) is 11.5 Å². The molecule has 0 bridgehead atoms. The van der Waals surface area contributed by atoms with Crippen molar-refractivity contribution in [2.24, 2.45) is 5.73 Å². The fourth-order valence-corrected chi connectivity index (χ4v) is 1.56. The first kappa shape index (κ1) is 10.2. The first-order chi connectivity index (χ1) is 6.98. The van der Waals surface area contributed by atoms with Crippen molar-refractivity contribution in [3.8, 4) is 11.5 Å². The van der Waals surface area contributed by atoms with E-state index in [1.54, 1.807) is 19.9 Å². The topological polar surface area (TPSA) is 44.5 Å². The van der Waals surface area contributed by atoms with Gasteiger partial charge in [0, 0.05) is 17.2 Å². The Morgan fingerprint density at radius 1 is 1.20 bits per heavy atom. The molecule has 1 aliphatic rings. The number of hydrogen-bond acceptors (Lipinski definition) is 3. The van der Waals surface area contributed by atoms with Crippen molar-refractivity contribution in [3.63, 3.8) is 0 Å². The van der Waals surface area contributed by atoms with E-state index in [0.29, 0.717) is 30.3 Å². The molecular formula is C11H14FNO2. The van der Waals surface area contributed by atoms with Crippen molar-refractivity contribution in [1.29, 1.82) is 0 Å². The zero-order chi connectivity index (χ0) is 11.1. The van der Waals surface area contributed by atoms with Gasteiger partial charge in [-0.05, 0) is 19.9 Å². The fraction of sp³-hybridized carbons (Fsp3) is 0.455. The van der Waals surface area contributed by atoms with E-state index >= 15 is 0 Å². The Hall–Kier alpha value is -1.29. The molecule has 4 heteroatoms. The molecular weight excluding hydrogens is 197 g/mol. The van der Waals surface area contributed by atoms with Gasteiger partial charge in [0.25, 0.3) is 0 Å². The lowest BCUT2D eigenvalue weighted by molar-refractivity contribution is 0.170. The maximum Gasteiger partial charge on any atom is 0.164 e. The molecule has 82 valence electrons. The van der Waals surface area contributed by atoms with Gasteiger partial charge in [0.2, 0.25) is 0 Å². The number of fused-ring (bicyclic) bond motifs is 1. The second kappa shape index (κ2) is 3.38. The van der Waals surface area contributed by atoms with Crippen molar-refractivity contribution in [2.45, 2.75) is 19.4 Å². The Kier molecular flexibility index (Phi) is 2.31. The van der Waals surface area contributed by atoms with Gasteiger partial charge in [-0.2, -0.15) is 0 Å². The number of halogens is 1. The molecule has 2 N–H and O–H groups in total. The second-order valence-corrected chi connectivity index (χ2v) is 4.20. The van der Waals surface area contributed by atoms with Crippen LogP contribution in [0.25, 0.3) is 0 Å². The van der Waals surface area contributed by atoms with E-state index in [-0.39, 0.29) is 5.82 Å². The summed E-state index contributed by atoms with van der Waals surface area (Å²) in [7, 11) is 0. The third kappa shape index (κ3) is 1.90. The molecule has 0 spiro atoms. The molecule has 0 saturated carbocycles. The van der Waals surface area contributed by atoms with Crippen LogP contribution < -0.4 is 15.2 Å². The van der Waals surface area contributed by atoms with Crippen LogP contribution in [0.3, 0.4) is 0 Å². The van der Waals surface area contributed by atoms with Crippen LogP contribution >= 0.6 is 0 Å². The molecule has 15 heavy (non-hydrogen) atoms. The van der Waals surface area contributed by atoms with Crippen LogP contribution in [0.2, 0.25) is 0 Å². The Balaban J connectivity index is 2.50. The van der Waals surface area contributed by atoms with E-state index in [2.05, 4.69) is 0 Å². The molecule has 0 radical (unpaired) electrons. The third-order valence-corrected chi connectivity index (χ3v) is 2.33. The minimum Gasteiger partial charge on any atom is -0.486 e. The molecule has 1 aromatic rings. The number of nitrogens with two attached hydrogens (primary N) is 1. The Labute approximate surface area is 88.0 Å². The highest BCUT2D eigenvalue weighted by Crippen LogP contribution is 2.35. The van der Waals surface area contributed by atoms with Gasteiger partial charge in [-0.1, -0.05) is 0 Å². The molecule has 1 aliphatic heterocycles. The van der Waals surface area contributed by atoms with Crippen LogP contribution in [0, 0.1) is 5.82 Å². The lowest BCUT2D eigenvalue weighted by atomic mass is 9.94. The quantitative estimate of drug-likeness (QED) is 0.770. The summed E-state index contributed by atoms with van der Waals surface area (Å²) in [4.78, 5) is 0. The summed E-state index contributed by atoms with van der Waals surface area (Å²) >= 11 is 0. The number of ether oxygens (including phenoxy) is 2. The standard InChI is InChI=1S/C11H14FNO2/c1-11(2,13)7-5-9-10(6-8(7)12)15-4-3-14-9/h5-6H,3-4,13H2,1-2H3. The van der Waals surface area contributed by atoms with Crippen LogP contribution in [-0.2, 0) is 5.54 Å². The highest BCUT2D eigenvalue weighted by Gasteiger charge is 2.23. The number of rotatable bonds is 1. The van der Waals surface area contributed by atoms with E-state index in [1.165, 1.54) is 6.07 Å². The van der Waals surface area contributed by atoms with Gasteiger partial charge >= 0.3 is 0 Å². The molecule has 0 aromatic heterocycles. The largest absolute Gasteiger partial charge is 0.486 e. The highest BCUT2D eigenvalue weighted by molar-refractivity contribution is 5.46. The van der Waals surface area contributed by atoms with E-state index in [0.717, 1.165) is 0 Å². The maximum atomic E-state index is 13.7. The summed E-state index contributed by atoms with van der Waals surface area (Å²) < 4.78 is 24.3. The molecule has 0 saturated heterocycles. The molecule has 3 nitrogen and oxygen atoms in total. The van der Waals surface area contributed by atoms with Crippen molar-refractivity contribution in [3.05, 3.63) is 23.5 Å². The average Bonchev–Trinajstić information content (AvgIpc) is 2.15. The number of benzene rings is 1. The summed E-state index contributed by atoms with van der Waals surface area (Å²) in [6.07, 6.45) is 0. The molecule has 1 aromatic carbocycles. The van der Waals surface area contributed by atoms with Crippen molar-refractivity contribution in [1.82, 2.24) is 0 Å². The van der Waals surface area contributed by atoms with E-state index in [4.69, 9.17) is 15.2 Å². The fourth-order valence-electron chi connectivity index (χ4n) is 1.56. The lowest BCUT2D eigenvalue weighted by Crippen LogP contribution is -2.30. The van der Waals surface area contributed by atoms with Crippen LogP contribution in [0.15, 0.2) is 12.1 Å². The van der Waals surface area contributed by atoms with Gasteiger partial charge in [0.05, 0.1) is 0 Å². The SMILES string of the molecule is CC(C)(N)c1cc2c(cc1F)OCCO2. The minimum absolute atomic E-state index is 0.355. The predicted molar refractivity (Wildman–Crippen MR) is 54.6 cm³/mol. The smallest absolute Gasteiger partial charge is 0.164 e. The molecule has 0 aliphatic carbocycles. The molecule has 0 amide bonds. The maximum absolute atomic E-state index is 13.7. The van der Waals surface area contributed by atoms with Crippen LogP contribution in [0.5, 0.6) is 11.5 Å². The van der Waals surface area contributed by atoms with Gasteiger partial charge in [-0.25, -0.2) is 4.39 Å². The molecule has 0 atom stereocenters. The summed E-state index contributed by atoms with van der Waals surface area (Å²) in [6.45, 7) is 4.45. The lowest BCUT2D eigenvalue weighted by Gasteiger charge is -2.24. The minimum atomic E-state index is -0.722. The Morgan fingerprint density at radius 3 is 2.27 bits per heavy atom. The average molecular weight is 211 g/mol. The van der Waals surface area contributed by atoms with Gasteiger partial charge < -0.3 is 15.2 Å². The highest BCUT2D eigenvalue weighted by atomic mass is 19.1. The van der Waals surface area contributed by atoms with Crippen molar-refractivity contribution >= 4 is 0 Å². The summed E-state index contributed by atoms with van der Waals surface area (Å²) in [5.74, 6) is 0.662.